The van der Waals surface area contributed by atoms with Crippen molar-refractivity contribution in [1.82, 2.24) is 0 Å². The predicted molar refractivity (Wildman–Crippen MR) is 46.6 cm³/mol. The van der Waals surface area contributed by atoms with Crippen molar-refractivity contribution in [2.45, 2.75) is 38.7 Å². The van der Waals surface area contributed by atoms with Crippen LogP contribution in [0.15, 0.2) is 0 Å². The maximum absolute atomic E-state index is 10.3. The molecule has 12 heavy (non-hydrogen) atoms. The number of hydrogen-bond donors (Lipinski definition) is 2. The van der Waals surface area contributed by atoms with E-state index in [1.54, 1.807) is 0 Å². The Bertz CT molecular complexity index is 200. The van der Waals surface area contributed by atoms with Gasteiger partial charge in [-0.1, -0.05) is 13.8 Å². The lowest BCUT2D eigenvalue weighted by atomic mass is 9.66. The zero-order valence-electron chi connectivity index (χ0n) is 7.88. The molecule has 0 aliphatic heterocycles. The van der Waals surface area contributed by atoms with Crippen LogP contribution in [0.2, 0.25) is 0 Å². The molecule has 3 unspecified atom stereocenters. The van der Waals surface area contributed by atoms with Gasteiger partial charge in [-0.05, 0) is 36.5 Å². The van der Waals surface area contributed by atoms with E-state index in [1.165, 1.54) is 6.42 Å². The Kier molecular flexibility index (Phi) is 1.59. The summed E-state index contributed by atoms with van der Waals surface area (Å²) in [5.41, 5.74) is -0.874. The van der Waals surface area contributed by atoms with Crippen molar-refractivity contribution in [1.29, 1.82) is 0 Å². The maximum atomic E-state index is 10.3. The van der Waals surface area contributed by atoms with Crippen LogP contribution < -0.4 is 0 Å². The fraction of sp³-hybridized carbons (Fsp3) is 1.00. The van der Waals surface area contributed by atoms with Gasteiger partial charge in [0.15, 0.2) is 0 Å². The van der Waals surface area contributed by atoms with Crippen molar-refractivity contribution in [3.63, 3.8) is 0 Å². The van der Waals surface area contributed by atoms with Gasteiger partial charge in [-0.3, -0.25) is 0 Å². The van der Waals surface area contributed by atoms with Crippen LogP contribution in [0.4, 0.5) is 0 Å². The van der Waals surface area contributed by atoms with Gasteiger partial charge in [0.05, 0.1) is 12.2 Å². The zero-order chi connectivity index (χ0) is 8.98. The average Bonchev–Trinajstić information content (AvgIpc) is 2.55. The Labute approximate surface area is 73.6 Å². The minimum Gasteiger partial charge on any atom is -0.393 e. The highest BCUT2D eigenvalue weighted by Crippen LogP contribution is 2.61. The van der Waals surface area contributed by atoms with E-state index in [0.717, 1.165) is 12.8 Å². The number of rotatable bonds is 1. The highest BCUT2D eigenvalue weighted by molar-refractivity contribution is 5.11. The minimum atomic E-state index is -0.796. The second-order valence-corrected chi connectivity index (χ2v) is 5.01. The summed E-state index contributed by atoms with van der Waals surface area (Å²) in [6.45, 7) is 4.11. The first-order valence-corrected chi connectivity index (χ1v) is 4.85. The molecule has 2 N–H and O–H groups in total. The molecule has 2 bridgehead atoms. The van der Waals surface area contributed by atoms with E-state index >= 15 is 0 Å². The van der Waals surface area contributed by atoms with Crippen molar-refractivity contribution >= 4 is 0 Å². The van der Waals surface area contributed by atoms with Gasteiger partial charge in [0.1, 0.15) is 0 Å². The number of fused-ring (bicyclic) bond motifs is 2. The molecule has 2 aliphatic rings. The molecule has 0 radical (unpaired) electrons. The minimum absolute atomic E-state index is 0.0683. The fourth-order valence-corrected chi connectivity index (χ4v) is 3.28. The Morgan fingerprint density at radius 1 is 1.25 bits per heavy atom. The van der Waals surface area contributed by atoms with E-state index in [9.17, 15) is 10.2 Å². The third-order valence-electron chi connectivity index (χ3n) is 4.49. The van der Waals surface area contributed by atoms with E-state index in [1.807, 2.05) is 0 Å². The molecule has 2 saturated carbocycles. The molecular weight excluding hydrogens is 152 g/mol. The molecule has 0 heterocycles. The Morgan fingerprint density at radius 3 is 2.17 bits per heavy atom. The van der Waals surface area contributed by atoms with Crippen LogP contribution in [-0.2, 0) is 0 Å². The van der Waals surface area contributed by atoms with Crippen molar-refractivity contribution in [2.24, 2.45) is 17.3 Å². The first kappa shape index (κ1) is 8.52. The third-order valence-corrected chi connectivity index (χ3v) is 4.49. The highest BCUT2D eigenvalue weighted by Gasteiger charge is 2.61. The summed E-state index contributed by atoms with van der Waals surface area (Å²) in [7, 11) is 0. The van der Waals surface area contributed by atoms with E-state index < -0.39 is 5.60 Å². The van der Waals surface area contributed by atoms with E-state index in [2.05, 4.69) is 13.8 Å². The van der Waals surface area contributed by atoms with Crippen molar-refractivity contribution < 1.29 is 10.2 Å². The summed E-state index contributed by atoms with van der Waals surface area (Å²) >= 11 is 0. The smallest absolute Gasteiger partial charge is 0.0958 e. The second kappa shape index (κ2) is 2.24. The fourth-order valence-electron chi connectivity index (χ4n) is 3.28. The molecule has 0 aromatic heterocycles. The summed E-state index contributed by atoms with van der Waals surface area (Å²) in [4.78, 5) is 0. The monoisotopic (exact) mass is 170 g/mol. The first-order valence-electron chi connectivity index (χ1n) is 4.85. The van der Waals surface area contributed by atoms with Gasteiger partial charge in [-0.25, -0.2) is 0 Å². The molecule has 2 heteroatoms. The van der Waals surface area contributed by atoms with Crippen LogP contribution in [-0.4, -0.2) is 22.4 Å². The molecule has 2 aliphatic carbocycles. The van der Waals surface area contributed by atoms with Gasteiger partial charge in [-0.15, -0.1) is 0 Å². The number of hydrogen-bond acceptors (Lipinski definition) is 2. The first-order chi connectivity index (χ1) is 5.52. The molecule has 70 valence electrons. The summed E-state index contributed by atoms with van der Waals surface area (Å²) in [6.07, 6.45) is 3.45. The largest absolute Gasteiger partial charge is 0.393 e. The maximum Gasteiger partial charge on any atom is 0.0958 e. The molecule has 2 rings (SSSR count). The number of aliphatic hydroxyl groups is 2. The molecule has 0 saturated heterocycles. The van der Waals surface area contributed by atoms with Gasteiger partial charge >= 0.3 is 0 Å². The van der Waals surface area contributed by atoms with Crippen LogP contribution in [0, 0.1) is 17.3 Å². The molecule has 0 aromatic rings. The Hall–Kier alpha value is -0.0800. The lowest BCUT2D eigenvalue weighted by Crippen LogP contribution is -2.52. The lowest BCUT2D eigenvalue weighted by molar-refractivity contribution is -0.135. The van der Waals surface area contributed by atoms with Crippen molar-refractivity contribution in [2.75, 3.05) is 6.61 Å². The molecule has 0 spiro atoms. The van der Waals surface area contributed by atoms with E-state index in [-0.39, 0.29) is 12.0 Å². The highest BCUT2D eigenvalue weighted by atomic mass is 16.3. The van der Waals surface area contributed by atoms with Gasteiger partial charge in [0.2, 0.25) is 0 Å². The van der Waals surface area contributed by atoms with Crippen LogP contribution in [0.5, 0.6) is 0 Å². The second-order valence-electron chi connectivity index (χ2n) is 5.01. The van der Waals surface area contributed by atoms with Crippen LogP contribution >= 0.6 is 0 Å². The topological polar surface area (TPSA) is 40.5 Å². The van der Waals surface area contributed by atoms with Gasteiger partial charge in [0.25, 0.3) is 0 Å². The van der Waals surface area contributed by atoms with Crippen molar-refractivity contribution in [3.8, 4) is 0 Å². The van der Waals surface area contributed by atoms with Crippen LogP contribution in [0.25, 0.3) is 0 Å². The summed E-state index contributed by atoms with van der Waals surface area (Å²) < 4.78 is 0. The summed E-state index contributed by atoms with van der Waals surface area (Å²) in [5, 5.41) is 19.5. The molecule has 2 nitrogen and oxygen atoms in total. The third kappa shape index (κ3) is 0.728. The standard InChI is InChI=1S/C10H18O2/c1-9(2)7-3-4-8(5-7)10(9,12)6-11/h7-8,11-12H,3-6H2,1-2H3. The molecule has 0 aromatic carbocycles. The molecular formula is C10H18O2. The average molecular weight is 170 g/mol. The molecule has 0 amide bonds. The van der Waals surface area contributed by atoms with E-state index in [4.69, 9.17) is 0 Å². The predicted octanol–water partition coefficient (Wildman–Crippen LogP) is 1.17. The Balaban J connectivity index is 2.34. The summed E-state index contributed by atoms with van der Waals surface area (Å²) in [6, 6.07) is 0. The normalized spacial score (nSPS) is 50.0. The number of aliphatic hydroxyl groups excluding tert-OH is 1. The summed E-state index contributed by atoms with van der Waals surface area (Å²) in [5.74, 6) is 0.974. The molecule has 3 atom stereocenters. The zero-order valence-corrected chi connectivity index (χ0v) is 7.88. The SMILES string of the molecule is CC1(C)C2CCC(C2)C1(O)CO. The Morgan fingerprint density at radius 2 is 1.83 bits per heavy atom. The van der Waals surface area contributed by atoms with E-state index in [0.29, 0.717) is 11.8 Å². The van der Waals surface area contributed by atoms with Crippen LogP contribution in [0.3, 0.4) is 0 Å². The van der Waals surface area contributed by atoms with Crippen molar-refractivity contribution in [3.05, 3.63) is 0 Å². The quantitative estimate of drug-likeness (QED) is 0.620. The van der Waals surface area contributed by atoms with Gasteiger partial charge in [-0.2, -0.15) is 0 Å². The van der Waals surface area contributed by atoms with Crippen LogP contribution in [0.1, 0.15) is 33.1 Å². The van der Waals surface area contributed by atoms with Gasteiger partial charge < -0.3 is 10.2 Å². The molecule has 2 fully saturated rings. The lowest BCUT2D eigenvalue weighted by Gasteiger charge is -2.44. The van der Waals surface area contributed by atoms with Gasteiger partial charge in [0, 0.05) is 0 Å².